The minimum absolute atomic E-state index is 0. The average molecular weight is 363 g/mol. The number of nitrogens with two attached hydrogens (primary N) is 1. The Bertz CT molecular complexity index is 454. The fourth-order valence-electron chi connectivity index (χ4n) is 1.37. The van der Waals surface area contributed by atoms with Gasteiger partial charge in [-0.25, -0.2) is 0 Å². The van der Waals surface area contributed by atoms with Gasteiger partial charge in [0, 0.05) is 10.5 Å². The van der Waals surface area contributed by atoms with Gasteiger partial charge in [0.05, 0.1) is 19.1 Å². The Hall–Kier alpha value is -0.790. The van der Waals surface area contributed by atoms with Crippen molar-refractivity contribution in [3.05, 3.63) is 33.8 Å². The van der Waals surface area contributed by atoms with Crippen molar-refractivity contribution in [1.29, 1.82) is 0 Å². The molecule has 0 aliphatic heterocycles. The second kappa shape index (κ2) is 7.12. The second-order valence-corrected chi connectivity index (χ2v) is 4.57. The van der Waals surface area contributed by atoms with Crippen molar-refractivity contribution in [1.82, 2.24) is 0 Å². The zero-order chi connectivity index (χ0) is 13.9. The number of hydrogen-bond donors (Lipinski definition) is 1. The van der Waals surface area contributed by atoms with E-state index in [1.807, 2.05) is 0 Å². The van der Waals surface area contributed by atoms with Gasteiger partial charge in [-0.05, 0) is 23.8 Å². The predicted molar refractivity (Wildman–Crippen MR) is 70.0 cm³/mol. The monoisotopic (exact) mass is 361 g/mol. The molecule has 2 N–H and O–H groups in total. The molecular formula is C11H12BrClF3NO2. The summed E-state index contributed by atoms with van der Waals surface area (Å²) >= 11 is 2.99. The number of methoxy groups -OCH3 is 1. The number of rotatable bonds is 3. The van der Waals surface area contributed by atoms with Crippen molar-refractivity contribution in [2.24, 2.45) is 5.73 Å². The van der Waals surface area contributed by atoms with Gasteiger partial charge in [-0.15, -0.1) is 12.4 Å². The lowest BCUT2D eigenvalue weighted by molar-refractivity contribution is -0.141. The Morgan fingerprint density at radius 3 is 2.47 bits per heavy atom. The standard InChI is InChI=1S/C11H11BrF3NO2.ClH/c1-18-10(17)5-9(16)6-2-7(11(13,14)15)4-8(12)3-6;/h2-4,9H,5,16H2,1H3;1H/t9-;/m1./s1. The Kier molecular flexibility index (Phi) is 6.82. The molecule has 1 rings (SSSR count). The van der Waals surface area contributed by atoms with E-state index in [-0.39, 0.29) is 28.9 Å². The topological polar surface area (TPSA) is 52.3 Å². The summed E-state index contributed by atoms with van der Waals surface area (Å²) in [5.74, 6) is -0.573. The maximum absolute atomic E-state index is 12.6. The SMILES string of the molecule is COC(=O)C[C@@H](N)c1cc(Br)cc(C(F)(F)F)c1.Cl. The number of halogens is 5. The molecule has 0 saturated carbocycles. The first kappa shape index (κ1) is 18.2. The summed E-state index contributed by atoms with van der Waals surface area (Å²) < 4.78 is 42.4. The van der Waals surface area contributed by atoms with Gasteiger partial charge >= 0.3 is 12.1 Å². The van der Waals surface area contributed by atoms with Crippen LogP contribution in [-0.4, -0.2) is 13.1 Å². The highest BCUT2D eigenvalue weighted by Crippen LogP contribution is 2.33. The molecule has 0 aliphatic carbocycles. The summed E-state index contributed by atoms with van der Waals surface area (Å²) in [7, 11) is 1.19. The number of hydrogen-bond acceptors (Lipinski definition) is 3. The molecule has 0 bridgehead atoms. The maximum atomic E-state index is 12.6. The Morgan fingerprint density at radius 2 is 2.00 bits per heavy atom. The normalized spacial score (nSPS) is 12.5. The maximum Gasteiger partial charge on any atom is 0.416 e. The summed E-state index contributed by atoms with van der Waals surface area (Å²) in [4.78, 5) is 11.0. The van der Waals surface area contributed by atoms with Gasteiger partial charge in [-0.1, -0.05) is 15.9 Å². The number of benzene rings is 1. The number of alkyl halides is 3. The molecule has 0 amide bonds. The Balaban J connectivity index is 0.00000324. The van der Waals surface area contributed by atoms with Gasteiger partial charge in [0.2, 0.25) is 0 Å². The molecule has 1 aromatic rings. The minimum Gasteiger partial charge on any atom is -0.469 e. The lowest BCUT2D eigenvalue weighted by atomic mass is 10.0. The molecular weight excluding hydrogens is 350 g/mol. The highest BCUT2D eigenvalue weighted by molar-refractivity contribution is 9.10. The number of carbonyl (C=O) groups is 1. The minimum atomic E-state index is -4.45. The highest BCUT2D eigenvalue weighted by atomic mass is 79.9. The van der Waals surface area contributed by atoms with Crippen molar-refractivity contribution in [2.45, 2.75) is 18.6 Å². The van der Waals surface area contributed by atoms with E-state index >= 15 is 0 Å². The molecule has 108 valence electrons. The largest absolute Gasteiger partial charge is 0.469 e. The number of ether oxygens (including phenoxy) is 1. The third kappa shape index (κ3) is 5.38. The molecule has 0 aliphatic rings. The van der Waals surface area contributed by atoms with E-state index in [0.717, 1.165) is 12.1 Å². The van der Waals surface area contributed by atoms with Crippen LogP contribution >= 0.6 is 28.3 Å². The molecule has 1 atom stereocenters. The third-order valence-electron chi connectivity index (χ3n) is 2.29. The lowest BCUT2D eigenvalue weighted by Crippen LogP contribution is -2.17. The summed E-state index contributed by atoms with van der Waals surface area (Å²) in [5.41, 5.74) is 5.07. The van der Waals surface area contributed by atoms with E-state index in [0.29, 0.717) is 0 Å². The summed E-state index contributed by atoms with van der Waals surface area (Å²) in [6.45, 7) is 0. The van der Waals surface area contributed by atoms with E-state index in [2.05, 4.69) is 20.7 Å². The fraction of sp³-hybridized carbons (Fsp3) is 0.364. The van der Waals surface area contributed by atoms with Crippen LogP contribution in [0, 0.1) is 0 Å². The molecule has 0 spiro atoms. The van der Waals surface area contributed by atoms with Gasteiger partial charge in [0.15, 0.2) is 0 Å². The Labute approximate surface area is 122 Å². The predicted octanol–water partition coefficient (Wildman–Crippen LogP) is 3.45. The molecule has 1 aromatic carbocycles. The summed E-state index contributed by atoms with van der Waals surface area (Å²) in [6.07, 6.45) is -4.63. The van der Waals surface area contributed by atoms with Crippen LogP contribution in [0.3, 0.4) is 0 Å². The Morgan fingerprint density at radius 1 is 1.42 bits per heavy atom. The molecule has 0 saturated heterocycles. The smallest absolute Gasteiger partial charge is 0.416 e. The highest BCUT2D eigenvalue weighted by Gasteiger charge is 2.31. The first-order chi connectivity index (χ1) is 8.24. The van der Waals surface area contributed by atoms with Crippen molar-refractivity contribution in [2.75, 3.05) is 7.11 Å². The van der Waals surface area contributed by atoms with Crippen LogP contribution in [0.1, 0.15) is 23.6 Å². The van der Waals surface area contributed by atoms with Crippen LogP contribution in [-0.2, 0) is 15.7 Å². The van der Waals surface area contributed by atoms with Crippen LogP contribution < -0.4 is 5.73 Å². The van der Waals surface area contributed by atoms with Crippen LogP contribution in [0.4, 0.5) is 13.2 Å². The molecule has 0 radical (unpaired) electrons. The van der Waals surface area contributed by atoms with Crippen molar-refractivity contribution in [3.8, 4) is 0 Å². The summed E-state index contributed by atoms with van der Waals surface area (Å²) in [5, 5.41) is 0. The number of esters is 1. The fourth-order valence-corrected chi connectivity index (χ4v) is 1.88. The van der Waals surface area contributed by atoms with E-state index in [1.165, 1.54) is 13.2 Å². The molecule has 0 unspecified atom stereocenters. The van der Waals surface area contributed by atoms with Gasteiger partial charge < -0.3 is 10.5 Å². The van der Waals surface area contributed by atoms with Crippen LogP contribution in [0.25, 0.3) is 0 Å². The molecule has 8 heteroatoms. The van der Waals surface area contributed by atoms with Crippen LogP contribution in [0.15, 0.2) is 22.7 Å². The zero-order valence-electron chi connectivity index (χ0n) is 9.83. The van der Waals surface area contributed by atoms with E-state index in [9.17, 15) is 18.0 Å². The molecule has 0 aromatic heterocycles. The molecule has 0 fully saturated rings. The molecule has 19 heavy (non-hydrogen) atoms. The van der Waals surface area contributed by atoms with Gasteiger partial charge in [-0.2, -0.15) is 13.2 Å². The lowest BCUT2D eigenvalue weighted by Gasteiger charge is -2.14. The van der Waals surface area contributed by atoms with Crippen molar-refractivity contribution >= 4 is 34.3 Å². The van der Waals surface area contributed by atoms with Crippen LogP contribution in [0.5, 0.6) is 0 Å². The first-order valence-corrected chi connectivity index (χ1v) is 5.73. The van der Waals surface area contributed by atoms with Gasteiger partial charge in [0.1, 0.15) is 0 Å². The van der Waals surface area contributed by atoms with E-state index < -0.39 is 23.8 Å². The zero-order valence-corrected chi connectivity index (χ0v) is 12.2. The van der Waals surface area contributed by atoms with E-state index in [4.69, 9.17) is 5.73 Å². The third-order valence-corrected chi connectivity index (χ3v) is 2.75. The molecule has 3 nitrogen and oxygen atoms in total. The van der Waals surface area contributed by atoms with Crippen LogP contribution in [0.2, 0.25) is 0 Å². The number of carbonyl (C=O) groups excluding carboxylic acids is 1. The first-order valence-electron chi connectivity index (χ1n) is 4.94. The second-order valence-electron chi connectivity index (χ2n) is 3.66. The van der Waals surface area contributed by atoms with Gasteiger partial charge in [-0.3, -0.25) is 4.79 Å². The van der Waals surface area contributed by atoms with Crippen molar-refractivity contribution in [3.63, 3.8) is 0 Å². The average Bonchev–Trinajstić information content (AvgIpc) is 2.26. The quantitative estimate of drug-likeness (QED) is 0.838. The van der Waals surface area contributed by atoms with E-state index in [1.54, 1.807) is 0 Å². The molecule has 0 heterocycles. The van der Waals surface area contributed by atoms with Gasteiger partial charge in [0.25, 0.3) is 0 Å². The van der Waals surface area contributed by atoms with Crippen molar-refractivity contribution < 1.29 is 22.7 Å². The summed E-state index contributed by atoms with van der Waals surface area (Å²) in [6, 6.07) is 2.49.